The maximum absolute atomic E-state index is 10.4. The van der Waals surface area contributed by atoms with Gasteiger partial charge in [-0.3, -0.25) is 10.1 Å². The number of carboxylic acids is 1. The Labute approximate surface area is 92.8 Å². The number of nitrogens with zero attached hydrogens (tertiary/aromatic N) is 1. The second-order valence-corrected chi connectivity index (χ2v) is 4.12. The van der Waals surface area contributed by atoms with Crippen molar-refractivity contribution >= 4 is 29.7 Å². The summed E-state index contributed by atoms with van der Waals surface area (Å²) < 4.78 is 0. The normalized spacial score (nSPS) is 11.9. The Morgan fingerprint density at radius 1 is 1.79 bits per heavy atom. The quantitative estimate of drug-likeness (QED) is 0.831. The van der Waals surface area contributed by atoms with Crippen molar-refractivity contribution in [2.24, 2.45) is 0 Å². The van der Waals surface area contributed by atoms with Crippen LogP contribution in [-0.4, -0.2) is 22.1 Å². The lowest BCUT2D eigenvalue weighted by molar-refractivity contribution is -0.139. The zero-order chi connectivity index (χ0) is 9.84. The molecule has 0 saturated heterocycles. The van der Waals surface area contributed by atoms with E-state index in [0.717, 1.165) is 9.88 Å². The van der Waals surface area contributed by atoms with Crippen LogP contribution >= 0.6 is 23.7 Å². The summed E-state index contributed by atoms with van der Waals surface area (Å²) in [7, 11) is 0. The summed E-state index contributed by atoms with van der Waals surface area (Å²) in [4.78, 5) is 15.7. The highest BCUT2D eigenvalue weighted by molar-refractivity contribution is 7.11. The zero-order valence-electron chi connectivity index (χ0n) is 7.98. The predicted molar refractivity (Wildman–Crippen MR) is 58.0 cm³/mol. The van der Waals surface area contributed by atoms with Crippen LogP contribution < -0.4 is 5.32 Å². The van der Waals surface area contributed by atoms with E-state index >= 15 is 0 Å². The smallest absolute Gasteiger partial charge is 0.320 e. The molecule has 0 aliphatic rings. The van der Waals surface area contributed by atoms with Crippen LogP contribution in [0.3, 0.4) is 0 Å². The van der Waals surface area contributed by atoms with E-state index in [4.69, 9.17) is 5.11 Å². The second kappa shape index (κ2) is 5.95. The fourth-order valence-corrected chi connectivity index (χ4v) is 1.55. The molecule has 1 rings (SSSR count). The molecule has 0 fully saturated rings. The van der Waals surface area contributed by atoms with Crippen molar-refractivity contribution in [2.75, 3.05) is 0 Å². The van der Waals surface area contributed by atoms with Crippen molar-refractivity contribution in [3.05, 3.63) is 16.1 Å². The summed E-state index contributed by atoms with van der Waals surface area (Å²) in [5, 5.41) is 12.4. The lowest BCUT2D eigenvalue weighted by Gasteiger charge is -2.05. The van der Waals surface area contributed by atoms with E-state index in [1.807, 2.05) is 6.92 Å². The number of carboxylic acid groups (broad SMARTS) is 1. The van der Waals surface area contributed by atoms with Crippen molar-refractivity contribution in [3.63, 3.8) is 0 Å². The minimum Gasteiger partial charge on any atom is -0.480 e. The molecule has 1 atom stereocenters. The SMILES string of the molecule is Cc1cnc(CNC(C)C(=O)O)s1.Cl. The van der Waals surface area contributed by atoms with Gasteiger partial charge in [0.2, 0.25) is 0 Å². The van der Waals surface area contributed by atoms with Gasteiger partial charge in [0.1, 0.15) is 11.0 Å². The van der Waals surface area contributed by atoms with E-state index in [9.17, 15) is 4.79 Å². The third-order valence-electron chi connectivity index (χ3n) is 1.60. The van der Waals surface area contributed by atoms with Crippen LogP contribution in [0.2, 0.25) is 0 Å². The molecule has 0 amide bonds. The van der Waals surface area contributed by atoms with E-state index in [2.05, 4.69) is 10.3 Å². The van der Waals surface area contributed by atoms with Gasteiger partial charge >= 0.3 is 5.97 Å². The molecule has 0 spiro atoms. The number of thiazole rings is 1. The monoisotopic (exact) mass is 236 g/mol. The molecule has 4 nitrogen and oxygen atoms in total. The Balaban J connectivity index is 0.00000169. The third kappa shape index (κ3) is 4.04. The molecule has 0 saturated carbocycles. The lowest BCUT2D eigenvalue weighted by atomic mass is 10.3. The van der Waals surface area contributed by atoms with E-state index in [0.29, 0.717) is 6.54 Å². The topological polar surface area (TPSA) is 62.2 Å². The van der Waals surface area contributed by atoms with Crippen LogP contribution in [0.1, 0.15) is 16.8 Å². The highest BCUT2D eigenvalue weighted by Crippen LogP contribution is 2.10. The summed E-state index contributed by atoms with van der Waals surface area (Å²) in [6.07, 6.45) is 1.78. The third-order valence-corrected chi connectivity index (χ3v) is 2.51. The first-order valence-electron chi connectivity index (χ1n) is 3.97. The summed E-state index contributed by atoms with van der Waals surface area (Å²) in [5.74, 6) is -0.840. The predicted octanol–water partition coefficient (Wildman–Crippen LogP) is 1.44. The van der Waals surface area contributed by atoms with Crippen molar-refractivity contribution in [1.82, 2.24) is 10.3 Å². The van der Waals surface area contributed by atoms with Crippen molar-refractivity contribution in [1.29, 1.82) is 0 Å². The van der Waals surface area contributed by atoms with E-state index in [-0.39, 0.29) is 12.4 Å². The number of aromatic nitrogens is 1. The first-order chi connectivity index (χ1) is 6.09. The lowest BCUT2D eigenvalue weighted by Crippen LogP contribution is -2.32. The minimum atomic E-state index is -0.840. The molecular formula is C8H13ClN2O2S. The summed E-state index contributed by atoms with van der Waals surface area (Å²) in [6.45, 7) is 4.11. The standard InChI is InChI=1S/C8H12N2O2S.ClH/c1-5-3-10-7(13-5)4-9-6(2)8(11)12;/h3,6,9H,4H2,1-2H3,(H,11,12);1H. The number of aliphatic carboxylic acids is 1. The van der Waals surface area contributed by atoms with E-state index in [1.165, 1.54) is 0 Å². The summed E-state index contributed by atoms with van der Waals surface area (Å²) >= 11 is 1.57. The molecule has 0 bridgehead atoms. The Morgan fingerprint density at radius 2 is 2.43 bits per heavy atom. The van der Waals surface area contributed by atoms with Gasteiger partial charge in [0.15, 0.2) is 0 Å². The molecule has 0 aliphatic carbocycles. The molecule has 80 valence electrons. The maximum atomic E-state index is 10.4. The van der Waals surface area contributed by atoms with Gasteiger partial charge in [-0.05, 0) is 13.8 Å². The van der Waals surface area contributed by atoms with Gasteiger partial charge in [-0.15, -0.1) is 23.7 Å². The largest absolute Gasteiger partial charge is 0.480 e. The van der Waals surface area contributed by atoms with Gasteiger partial charge in [0, 0.05) is 17.6 Å². The molecular weight excluding hydrogens is 224 g/mol. The van der Waals surface area contributed by atoms with Gasteiger partial charge < -0.3 is 5.11 Å². The van der Waals surface area contributed by atoms with Crippen LogP contribution in [0.5, 0.6) is 0 Å². The highest BCUT2D eigenvalue weighted by Gasteiger charge is 2.09. The van der Waals surface area contributed by atoms with E-state index in [1.54, 1.807) is 24.5 Å². The van der Waals surface area contributed by atoms with Crippen LogP contribution in [0.4, 0.5) is 0 Å². The zero-order valence-corrected chi connectivity index (χ0v) is 9.61. The second-order valence-electron chi connectivity index (χ2n) is 2.81. The first kappa shape index (κ1) is 13.4. The van der Waals surface area contributed by atoms with Crippen molar-refractivity contribution in [2.45, 2.75) is 26.4 Å². The first-order valence-corrected chi connectivity index (χ1v) is 4.78. The molecule has 0 radical (unpaired) electrons. The average molecular weight is 237 g/mol. The molecule has 1 unspecified atom stereocenters. The van der Waals surface area contributed by atoms with Crippen molar-refractivity contribution < 1.29 is 9.90 Å². The number of carbonyl (C=O) groups is 1. The molecule has 0 aliphatic heterocycles. The van der Waals surface area contributed by atoms with E-state index < -0.39 is 12.0 Å². The molecule has 1 heterocycles. The number of hydrogen-bond acceptors (Lipinski definition) is 4. The molecule has 1 aromatic rings. The van der Waals surface area contributed by atoms with Crippen LogP contribution in [0.15, 0.2) is 6.20 Å². The maximum Gasteiger partial charge on any atom is 0.320 e. The molecule has 0 aromatic carbocycles. The Kier molecular flexibility index (Phi) is 5.68. The number of rotatable bonds is 4. The number of nitrogens with one attached hydrogen (secondary N) is 1. The van der Waals surface area contributed by atoms with Crippen LogP contribution in [0.25, 0.3) is 0 Å². The van der Waals surface area contributed by atoms with Gasteiger partial charge in [0.25, 0.3) is 0 Å². The van der Waals surface area contributed by atoms with Crippen LogP contribution in [-0.2, 0) is 11.3 Å². The molecule has 6 heteroatoms. The van der Waals surface area contributed by atoms with Gasteiger partial charge in [-0.2, -0.15) is 0 Å². The highest BCUT2D eigenvalue weighted by atomic mass is 35.5. The van der Waals surface area contributed by atoms with Gasteiger partial charge in [-0.25, -0.2) is 4.98 Å². The van der Waals surface area contributed by atoms with Gasteiger partial charge in [0.05, 0.1) is 0 Å². The Hall–Kier alpha value is -0.650. The number of halogens is 1. The fraction of sp³-hybridized carbons (Fsp3) is 0.500. The molecule has 2 N–H and O–H groups in total. The minimum absolute atomic E-state index is 0. The summed E-state index contributed by atoms with van der Waals surface area (Å²) in [5.41, 5.74) is 0. The number of aryl methyl sites for hydroxylation is 1. The summed E-state index contributed by atoms with van der Waals surface area (Å²) in [6, 6.07) is -0.524. The number of hydrogen-bond donors (Lipinski definition) is 2. The van der Waals surface area contributed by atoms with Gasteiger partial charge in [-0.1, -0.05) is 0 Å². The Bertz CT molecular complexity index is 303. The van der Waals surface area contributed by atoms with Crippen molar-refractivity contribution in [3.8, 4) is 0 Å². The average Bonchev–Trinajstić information content (AvgIpc) is 2.47. The Morgan fingerprint density at radius 3 is 2.86 bits per heavy atom. The fourth-order valence-electron chi connectivity index (χ4n) is 0.811. The molecule has 1 aromatic heterocycles. The molecule has 14 heavy (non-hydrogen) atoms. The van der Waals surface area contributed by atoms with Crippen LogP contribution in [0, 0.1) is 6.92 Å².